The standard InChI is InChI=1S/C12H17N6O/c1-12(6-13)3-4-18(7-12)11-15-9-8(5-14-16-9)10(19)17(11)2/h3-4,6-7,13H2,1-2H3,(H,14,16). The van der Waals surface area contributed by atoms with E-state index in [4.69, 9.17) is 5.73 Å². The van der Waals surface area contributed by atoms with Crippen molar-refractivity contribution < 1.29 is 0 Å². The van der Waals surface area contributed by atoms with Crippen LogP contribution in [-0.4, -0.2) is 39.4 Å². The number of nitrogens with two attached hydrogens (primary N) is 1. The van der Waals surface area contributed by atoms with Crippen LogP contribution in [0.15, 0.2) is 4.79 Å². The summed E-state index contributed by atoms with van der Waals surface area (Å²) in [6.07, 6.45) is 3.64. The van der Waals surface area contributed by atoms with Gasteiger partial charge in [0.05, 0.1) is 0 Å². The molecule has 2 aromatic rings. The summed E-state index contributed by atoms with van der Waals surface area (Å²) >= 11 is 0. The summed E-state index contributed by atoms with van der Waals surface area (Å²) in [7, 11) is 1.73. The minimum atomic E-state index is -0.130. The molecule has 7 heteroatoms. The molecule has 1 saturated heterocycles. The number of nitrogens with zero attached hydrogens (tertiary/aromatic N) is 4. The Bertz CT molecular complexity index is 674. The maximum absolute atomic E-state index is 12.2. The predicted molar refractivity (Wildman–Crippen MR) is 72.0 cm³/mol. The summed E-state index contributed by atoms with van der Waals surface area (Å²) in [6.45, 7) is 4.47. The Morgan fingerprint density at radius 1 is 1.58 bits per heavy atom. The highest BCUT2D eigenvalue weighted by Gasteiger charge is 2.34. The third-order valence-electron chi connectivity index (χ3n) is 3.93. The Hall–Kier alpha value is -1.89. The second-order valence-electron chi connectivity index (χ2n) is 5.52. The fraction of sp³-hybridized carbons (Fsp3) is 0.583. The van der Waals surface area contributed by atoms with Gasteiger partial charge in [0.2, 0.25) is 5.95 Å². The molecule has 0 aliphatic carbocycles. The van der Waals surface area contributed by atoms with Gasteiger partial charge in [-0.3, -0.25) is 14.5 Å². The van der Waals surface area contributed by atoms with Crippen LogP contribution in [0.25, 0.3) is 11.0 Å². The maximum Gasteiger partial charge on any atom is 0.266 e. The van der Waals surface area contributed by atoms with E-state index >= 15 is 0 Å². The van der Waals surface area contributed by atoms with Crippen molar-refractivity contribution in [2.75, 3.05) is 24.5 Å². The number of fused-ring (bicyclic) bond motifs is 1. The molecule has 3 N–H and O–H groups in total. The average Bonchev–Trinajstić information content (AvgIpc) is 3.01. The van der Waals surface area contributed by atoms with Gasteiger partial charge in [-0.1, -0.05) is 6.92 Å². The largest absolute Gasteiger partial charge is 0.341 e. The molecule has 1 aliphatic rings. The second kappa shape index (κ2) is 4.06. The lowest BCUT2D eigenvalue weighted by Gasteiger charge is -2.24. The van der Waals surface area contributed by atoms with Crippen molar-refractivity contribution in [2.45, 2.75) is 13.3 Å². The van der Waals surface area contributed by atoms with E-state index in [0.717, 1.165) is 19.5 Å². The van der Waals surface area contributed by atoms with Crippen LogP contribution >= 0.6 is 0 Å². The number of hydrogen-bond donors (Lipinski definition) is 2. The molecule has 19 heavy (non-hydrogen) atoms. The van der Waals surface area contributed by atoms with Crippen molar-refractivity contribution >= 4 is 17.0 Å². The Kier molecular flexibility index (Phi) is 2.60. The first kappa shape index (κ1) is 12.2. The quantitative estimate of drug-likeness (QED) is 0.769. The molecule has 2 aromatic heterocycles. The Morgan fingerprint density at radius 3 is 3.05 bits per heavy atom. The Labute approximate surface area is 110 Å². The van der Waals surface area contributed by atoms with E-state index in [1.807, 2.05) is 0 Å². The first-order chi connectivity index (χ1) is 9.04. The lowest BCUT2D eigenvalue weighted by atomic mass is 9.90. The number of hydrogen-bond acceptors (Lipinski definition) is 5. The number of aromatic nitrogens is 4. The molecule has 1 fully saturated rings. The molecule has 0 amide bonds. The van der Waals surface area contributed by atoms with Crippen molar-refractivity contribution in [3.8, 4) is 0 Å². The summed E-state index contributed by atoms with van der Waals surface area (Å²) in [6, 6.07) is 0. The van der Waals surface area contributed by atoms with Gasteiger partial charge in [-0.2, -0.15) is 10.1 Å². The van der Waals surface area contributed by atoms with Crippen molar-refractivity contribution in [1.82, 2.24) is 19.7 Å². The van der Waals surface area contributed by atoms with Gasteiger partial charge in [0, 0.05) is 20.1 Å². The van der Waals surface area contributed by atoms with Crippen LogP contribution in [0.3, 0.4) is 0 Å². The zero-order valence-corrected chi connectivity index (χ0v) is 11.1. The highest BCUT2D eigenvalue weighted by molar-refractivity contribution is 5.73. The SMILES string of the molecule is Cn1c(N2CCC(C)(CN)C2)nc2[nH]n[c]c2c1=O. The van der Waals surface area contributed by atoms with E-state index < -0.39 is 0 Å². The molecule has 1 atom stereocenters. The fourth-order valence-corrected chi connectivity index (χ4v) is 2.55. The predicted octanol–water partition coefficient (Wildman–Crippen LogP) is -0.368. The van der Waals surface area contributed by atoms with Crippen LogP contribution < -0.4 is 16.2 Å². The minimum Gasteiger partial charge on any atom is -0.341 e. The summed E-state index contributed by atoms with van der Waals surface area (Å²) in [5.41, 5.74) is 6.26. The molecule has 1 aliphatic heterocycles. The van der Waals surface area contributed by atoms with E-state index in [0.29, 0.717) is 23.5 Å². The van der Waals surface area contributed by atoms with E-state index in [1.54, 1.807) is 11.6 Å². The fourth-order valence-electron chi connectivity index (χ4n) is 2.55. The Morgan fingerprint density at radius 2 is 2.37 bits per heavy atom. The van der Waals surface area contributed by atoms with E-state index in [9.17, 15) is 4.79 Å². The molecule has 101 valence electrons. The average molecular weight is 261 g/mol. The minimum absolute atomic E-state index is 0.0901. The molecule has 0 saturated carbocycles. The number of rotatable bonds is 2. The third kappa shape index (κ3) is 1.81. The summed E-state index contributed by atoms with van der Waals surface area (Å²) in [5, 5.41) is 6.85. The van der Waals surface area contributed by atoms with Gasteiger partial charge in [0.15, 0.2) is 5.65 Å². The van der Waals surface area contributed by atoms with Crippen LogP contribution in [0.5, 0.6) is 0 Å². The first-order valence-electron chi connectivity index (χ1n) is 6.32. The second-order valence-corrected chi connectivity index (χ2v) is 5.52. The lowest BCUT2D eigenvalue weighted by Crippen LogP contribution is -2.34. The lowest BCUT2D eigenvalue weighted by molar-refractivity contribution is 0.382. The highest BCUT2D eigenvalue weighted by Crippen LogP contribution is 2.31. The van der Waals surface area contributed by atoms with Crippen molar-refractivity contribution in [3.05, 3.63) is 16.6 Å². The van der Waals surface area contributed by atoms with E-state index in [-0.39, 0.29) is 11.0 Å². The molecule has 1 radical (unpaired) electrons. The highest BCUT2D eigenvalue weighted by atomic mass is 16.1. The van der Waals surface area contributed by atoms with Crippen molar-refractivity contribution in [3.63, 3.8) is 0 Å². The zero-order chi connectivity index (χ0) is 13.6. The van der Waals surface area contributed by atoms with Crippen LogP contribution in [0.2, 0.25) is 0 Å². The van der Waals surface area contributed by atoms with Gasteiger partial charge in [-0.15, -0.1) is 0 Å². The normalized spacial score (nSPS) is 23.4. The van der Waals surface area contributed by atoms with Gasteiger partial charge < -0.3 is 10.6 Å². The molecule has 0 bridgehead atoms. The third-order valence-corrected chi connectivity index (χ3v) is 3.93. The van der Waals surface area contributed by atoms with Crippen LogP contribution in [0.4, 0.5) is 5.95 Å². The smallest absolute Gasteiger partial charge is 0.266 e. The summed E-state index contributed by atoms with van der Waals surface area (Å²) in [5.74, 6) is 0.660. The molecular weight excluding hydrogens is 244 g/mol. The van der Waals surface area contributed by atoms with E-state index in [2.05, 4.69) is 33.2 Å². The topological polar surface area (TPSA) is 92.8 Å². The molecule has 1 unspecified atom stereocenters. The zero-order valence-electron chi connectivity index (χ0n) is 11.1. The van der Waals surface area contributed by atoms with Gasteiger partial charge >= 0.3 is 0 Å². The Balaban J connectivity index is 2.06. The van der Waals surface area contributed by atoms with E-state index in [1.165, 1.54) is 0 Å². The van der Waals surface area contributed by atoms with Gasteiger partial charge in [-0.25, -0.2) is 0 Å². The van der Waals surface area contributed by atoms with Gasteiger partial charge in [0.1, 0.15) is 11.6 Å². The van der Waals surface area contributed by atoms with Crippen LogP contribution in [0, 0.1) is 11.6 Å². The molecule has 0 spiro atoms. The van der Waals surface area contributed by atoms with Gasteiger partial charge in [0.25, 0.3) is 5.56 Å². The molecule has 3 heterocycles. The molecule has 0 aromatic carbocycles. The molecule has 7 nitrogen and oxygen atoms in total. The monoisotopic (exact) mass is 261 g/mol. The number of H-pyrrole nitrogens is 1. The molecular formula is C12H17N6O. The maximum atomic E-state index is 12.2. The van der Waals surface area contributed by atoms with Crippen LogP contribution in [-0.2, 0) is 7.05 Å². The number of aromatic amines is 1. The van der Waals surface area contributed by atoms with Crippen molar-refractivity contribution in [1.29, 1.82) is 0 Å². The molecule has 3 rings (SSSR count). The number of anilines is 1. The number of nitrogens with one attached hydrogen (secondary N) is 1. The summed E-state index contributed by atoms with van der Waals surface area (Å²) in [4.78, 5) is 18.8. The summed E-state index contributed by atoms with van der Waals surface area (Å²) < 4.78 is 1.55. The van der Waals surface area contributed by atoms with Crippen molar-refractivity contribution in [2.24, 2.45) is 18.2 Å². The van der Waals surface area contributed by atoms with Crippen LogP contribution in [0.1, 0.15) is 13.3 Å². The first-order valence-corrected chi connectivity index (χ1v) is 6.32. The van der Waals surface area contributed by atoms with Gasteiger partial charge in [-0.05, 0) is 18.4 Å².